The minimum Gasteiger partial charge on any atom is -0.375 e. The monoisotopic (exact) mass is 209 g/mol. The molecule has 1 fully saturated rings. The summed E-state index contributed by atoms with van der Waals surface area (Å²) in [6, 6.07) is 0.244. The van der Waals surface area contributed by atoms with Gasteiger partial charge < -0.3 is 15.0 Å². The van der Waals surface area contributed by atoms with Gasteiger partial charge in [0.2, 0.25) is 0 Å². The summed E-state index contributed by atoms with van der Waals surface area (Å²) < 4.78 is 7.87. The van der Waals surface area contributed by atoms with E-state index in [4.69, 9.17) is 10.5 Å². The lowest BCUT2D eigenvalue weighted by Gasteiger charge is -2.16. The molecule has 1 aliphatic rings. The number of hydrogen-bond donors (Lipinski definition) is 1. The van der Waals surface area contributed by atoms with E-state index in [2.05, 4.69) is 9.55 Å². The molecule has 0 saturated heterocycles. The summed E-state index contributed by atoms with van der Waals surface area (Å²) in [4.78, 5) is 4.16. The van der Waals surface area contributed by atoms with Crippen molar-refractivity contribution in [3.63, 3.8) is 0 Å². The first-order valence-corrected chi connectivity index (χ1v) is 5.62. The van der Waals surface area contributed by atoms with E-state index >= 15 is 0 Å². The summed E-state index contributed by atoms with van der Waals surface area (Å²) in [7, 11) is 0. The second-order valence-electron chi connectivity index (χ2n) is 4.17. The maximum atomic E-state index is 5.92. The van der Waals surface area contributed by atoms with Gasteiger partial charge in [-0.05, 0) is 26.2 Å². The van der Waals surface area contributed by atoms with Crippen molar-refractivity contribution in [1.29, 1.82) is 0 Å². The molecule has 2 atom stereocenters. The smallest absolute Gasteiger partial charge is 0.105 e. The molecule has 1 aliphatic carbocycles. The van der Waals surface area contributed by atoms with Gasteiger partial charge in [0.15, 0.2) is 0 Å². The molecule has 4 nitrogen and oxygen atoms in total. The summed E-state index contributed by atoms with van der Waals surface area (Å²) in [6.45, 7) is 3.60. The summed E-state index contributed by atoms with van der Waals surface area (Å²) in [5, 5.41) is 0. The van der Waals surface area contributed by atoms with Crippen LogP contribution < -0.4 is 5.73 Å². The normalized spacial score (nSPS) is 26.0. The Bertz CT molecular complexity index is 311. The molecule has 0 radical (unpaired) electrons. The van der Waals surface area contributed by atoms with Gasteiger partial charge in [0, 0.05) is 25.0 Å². The van der Waals surface area contributed by atoms with E-state index in [1.165, 1.54) is 6.42 Å². The maximum Gasteiger partial charge on any atom is 0.105 e. The molecular weight excluding hydrogens is 190 g/mol. The molecule has 1 heterocycles. The zero-order valence-electron chi connectivity index (χ0n) is 9.22. The van der Waals surface area contributed by atoms with Crippen LogP contribution in [0.25, 0.3) is 0 Å². The molecule has 1 aromatic rings. The first-order valence-electron chi connectivity index (χ1n) is 5.62. The average Bonchev–Trinajstić information content (AvgIpc) is 2.78. The molecule has 2 N–H and O–H groups in total. The van der Waals surface area contributed by atoms with Crippen molar-refractivity contribution in [2.75, 3.05) is 6.61 Å². The molecule has 15 heavy (non-hydrogen) atoms. The molecule has 0 aromatic carbocycles. The van der Waals surface area contributed by atoms with Crippen molar-refractivity contribution >= 4 is 0 Å². The van der Waals surface area contributed by atoms with Crippen molar-refractivity contribution in [3.8, 4) is 0 Å². The van der Waals surface area contributed by atoms with Crippen molar-refractivity contribution < 1.29 is 4.74 Å². The van der Waals surface area contributed by atoms with Crippen LogP contribution in [0, 0.1) is 6.92 Å². The molecule has 0 amide bonds. The number of ether oxygens (including phenoxy) is 1. The van der Waals surface area contributed by atoms with E-state index in [0.717, 1.165) is 31.8 Å². The molecule has 2 unspecified atom stereocenters. The molecule has 84 valence electrons. The lowest BCUT2D eigenvalue weighted by molar-refractivity contribution is 0.0428. The standard InChI is InChI=1S/C11H19N3O/c1-9-13-5-6-14(9)7-8-15-11-4-2-3-10(11)12/h5-6,10-11H,2-4,7-8,12H2,1H3. The molecule has 1 saturated carbocycles. The fourth-order valence-corrected chi connectivity index (χ4v) is 2.10. The second-order valence-corrected chi connectivity index (χ2v) is 4.17. The Balaban J connectivity index is 1.73. The number of imidazole rings is 1. The highest BCUT2D eigenvalue weighted by atomic mass is 16.5. The van der Waals surface area contributed by atoms with Gasteiger partial charge >= 0.3 is 0 Å². The number of nitrogens with zero attached hydrogens (tertiary/aromatic N) is 2. The summed E-state index contributed by atoms with van der Waals surface area (Å²) in [6.07, 6.45) is 7.49. The zero-order valence-corrected chi connectivity index (χ0v) is 9.22. The lowest BCUT2D eigenvalue weighted by atomic mass is 10.2. The lowest BCUT2D eigenvalue weighted by Crippen LogP contribution is -2.32. The fourth-order valence-electron chi connectivity index (χ4n) is 2.10. The van der Waals surface area contributed by atoms with Crippen LogP contribution in [0.5, 0.6) is 0 Å². The van der Waals surface area contributed by atoms with Crippen molar-refractivity contribution in [2.24, 2.45) is 5.73 Å². The molecule has 1 aromatic heterocycles. The Labute approximate surface area is 90.4 Å². The minimum absolute atomic E-state index is 0.244. The average molecular weight is 209 g/mol. The third-order valence-corrected chi connectivity index (χ3v) is 3.09. The predicted octanol–water partition coefficient (Wildman–Crippen LogP) is 1.09. The van der Waals surface area contributed by atoms with Crippen LogP contribution in [0.3, 0.4) is 0 Å². The Hall–Kier alpha value is -0.870. The van der Waals surface area contributed by atoms with Gasteiger partial charge in [0.25, 0.3) is 0 Å². The van der Waals surface area contributed by atoms with Gasteiger partial charge in [0.1, 0.15) is 5.82 Å². The fraction of sp³-hybridized carbons (Fsp3) is 0.727. The van der Waals surface area contributed by atoms with Crippen LogP contribution in [-0.2, 0) is 11.3 Å². The highest BCUT2D eigenvalue weighted by Crippen LogP contribution is 2.20. The Kier molecular flexibility index (Phi) is 3.38. The Morgan fingerprint density at radius 2 is 2.47 bits per heavy atom. The van der Waals surface area contributed by atoms with E-state index in [-0.39, 0.29) is 12.1 Å². The van der Waals surface area contributed by atoms with Gasteiger partial charge in [-0.15, -0.1) is 0 Å². The molecule has 0 bridgehead atoms. The van der Waals surface area contributed by atoms with Crippen molar-refractivity contribution in [2.45, 2.75) is 44.9 Å². The van der Waals surface area contributed by atoms with E-state index in [9.17, 15) is 0 Å². The van der Waals surface area contributed by atoms with Crippen LogP contribution in [0.2, 0.25) is 0 Å². The van der Waals surface area contributed by atoms with Gasteiger partial charge in [0.05, 0.1) is 12.7 Å². The SMILES string of the molecule is Cc1nccn1CCOC1CCCC1N. The van der Waals surface area contributed by atoms with E-state index in [1.807, 2.05) is 19.3 Å². The molecule has 0 aliphatic heterocycles. The number of hydrogen-bond acceptors (Lipinski definition) is 3. The summed E-state index contributed by atoms with van der Waals surface area (Å²) in [5.74, 6) is 1.04. The van der Waals surface area contributed by atoms with Gasteiger partial charge in [-0.3, -0.25) is 0 Å². The maximum absolute atomic E-state index is 5.92. The third-order valence-electron chi connectivity index (χ3n) is 3.09. The van der Waals surface area contributed by atoms with Crippen molar-refractivity contribution in [3.05, 3.63) is 18.2 Å². The largest absolute Gasteiger partial charge is 0.375 e. The van der Waals surface area contributed by atoms with Crippen molar-refractivity contribution in [1.82, 2.24) is 9.55 Å². The van der Waals surface area contributed by atoms with E-state index in [1.54, 1.807) is 0 Å². The van der Waals surface area contributed by atoms with E-state index in [0.29, 0.717) is 0 Å². The first kappa shape index (κ1) is 10.6. The van der Waals surface area contributed by atoms with Gasteiger partial charge in [-0.25, -0.2) is 4.98 Å². The number of rotatable bonds is 4. The highest BCUT2D eigenvalue weighted by molar-refractivity contribution is 4.88. The van der Waals surface area contributed by atoms with Gasteiger partial charge in [-0.2, -0.15) is 0 Å². The third kappa shape index (κ3) is 2.58. The second kappa shape index (κ2) is 4.77. The first-order chi connectivity index (χ1) is 7.27. The Morgan fingerprint density at radius 3 is 3.07 bits per heavy atom. The minimum atomic E-state index is 0.244. The number of aryl methyl sites for hydroxylation is 1. The number of nitrogens with two attached hydrogens (primary N) is 1. The van der Waals surface area contributed by atoms with Gasteiger partial charge in [-0.1, -0.05) is 0 Å². The summed E-state index contributed by atoms with van der Waals surface area (Å²) in [5.41, 5.74) is 5.92. The van der Waals surface area contributed by atoms with Crippen LogP contribution >= 0.6 is 0 Å². The molecular formula is C11H19N3O. The zero-order chi connectivity index (χ0) is 10.7. The van der Waals surface area contributed by atoms with Crippen LogP contribution in [-0.4, -0.2) is 28.3 Å². The topological polar surface area (TPSA) is 53.1 Å². The Morgan fingerprint density at radius 1 is 1.60 bits per heavy atom. The molecule has 4 heteroatoms. The quantitative estimate of drug-likeness (QED) is 0.807. The van der Waals surface area contributed by atoms with Crippen LogP contribution in [0.1, 0.15) is 25.1 Å². The molecule has 2 rings (SSSR count). The predicted molar refractivity (Wildman–Crippen MR) is 58.5 cm³/mol. The summed E-state index contributed by atoms with van der Waals surface area (Å²) >= 11 is 0. The molecule has 0 spiro atoms. The highest BCUT2D eigenvalue weighted by Gasteiger charge is 2.24. The van der Waals surface area contributed by atoms with Crippen LogP contribution in [0.4, 0.5) is 0 Å². The van der Waals surface area contributed by atoms with E-state index < -0.39 is 0 Å². The van der Waals surface area contributed by atoms with Crippen LogP contribution in [0.15, 0.2) is 12.4 Å². The number of aromatic nitrogens is 2.